The van der Waals surface area contributed by atoms with Crippen molar-refractivity contribution in [2.75, 3.05) is 26.7 Å². The Labute approximate surface area is 223 Å². The number of nitrogens with zero attached hydrogens (tertiary/aromatic N) is 2. The average Bonchev–Trinajstić information content (AvgIpc) is 2.93. The summed E-state index contributed by atoms with van der Waals surface area (Å²) in [6.07, 6.45) is 0.743. The van der Waals surface area contributed by atoms with Gasteiger partial charge in [0.25, 0.3) is 0 Å². The maximum Gasteiger partial charge on any atom is 0.309 e. The first-order valence-electron chi connectivity index (χ1n) is 12.6. The van der Waals surface area contributed by atoms with Gasteiger partial charge in [0, 0.05) is 42.8 Å². The number of hydrogen-bond donors (Lipinski definition) is 2. The summed E-state index contributed by atoms with van der Waals surface area (Å²) in [6, 6.07) is 6.45. The number of piperidine rings is 1. The van der Waals surface area contributed by atoms with Crippen LogP contribution < -0.4 is 10.5 Å². The molecule has 0 amide bonds. The van der Waals surface area contributed by atoms with Gasteiger partial charge in [0.2, 0.25) is 0 Å². The molecule has 4 rings (SSSR count). The summed E-state index contributed by atoms with van der Waals surface area (Å²) in [7, 11) is 1.52. The fourth-order valence-electron chi connectivity index (χ4n) is 5.04. The molecule has 0 radical (unpaired) electrons. The number of carboxylic acids is 1. The highest BCUT2D eigenvalue weighted by Crippen LogP contribution is 2.41. The van der Waals surface area contributed by atoms with Crippen LogP contribution in [0.25, 0.3) is 10.9 Å². The number of fused-ring (bicyclic) bond motifs is 1. The van der Waals surface area contributed by atoms with Crippen molar-refractivity contribution in [3.63, 3.8) is 0 Å². The van der Waals surface area contributed by atoms with Crippen molar-refractivity contribution in [3.05, 3.63) is 70.7 Å². The summed E-state index contributed by atoms with van der Waals surface area (Å²) in [4.78, 5) is 18.6. The molecule has 0 spiro atoms. The van der Waals surface area contributed by atoms with Crippen molar-refractivity contribution < 1.29 is 32.2 Å². The fraction of sp³-hybridized carbons (Fsp3) is 0.379. The number of benzene rings is 2. The van der Waals surface area contributed by atoms with Crippen LogP contribution in [0.4, 0.5) is 17.6 Å². The van der Waals surface area contributed by atoms with Crippen molar-refractivity contribution in [1.82, 2.24) is 9.88 Å². The minimum atomic E-state index is -1.46. The second-order valence-electron chi connectivity index (χ2n) is 9.70. The van der Waals surface area contributed by atoms with Crippen molar-refractivity contribution in [2.45, 2.75) is 38.4 Å². The van der Waals surface area contributed by atoms with Crippen molar-refractivity contribution in [2.24, 2.45) is 11.1 Å². The van der Waals surface area contributed by atoms with Gasteiger partial charge >= 0.3 is 5.97 Å². The number of methoxy groups -OCH3 is 1. The molecule has 6 nitrogen and oxygen atoms in total. The number of aliphatic carboxylic acids is 1. The standard InChI is InChI=1S/C29H29F4N3O3/c1-39-21-4-5-25-22(15-21)26(19(16-34)17-35-25)23(31)6-7-29(28(37)38)8-11-36(12-9-29)10-2-3-18-13-20(30)14-24(32)27(18)33/h4-5,13-15,17,23H,6-12,16,34H2,1H3,(H,37,38)/t23-/m1/s1. The third-order valence-corrected chi connectivity index (χ3v) is 7.39. The Morgan fingerprint density at radius 3 is 2.64 bits per heavy atom. The van der Waals surface area contributed by atoms with Crippen molar-refractivity contribution >= 4 is 16.9 Å². The molecule has 1 fully saturated rings. The lowest BCUT2D eigenvalue weighted by atomic mass is 9.74. The maximum absolute atomic E-state index is 15.8. The number of aromatic nitrogens is 1. The van der Waals surface area contributed by atoms with Gasteiger partial charge in [-0.15, -0.1) is 0 Å². The molecule has 3 aromatic rings. The summed E-state index contributed by atoms with van der Waals surface area (Å²) >= 11 is 0. The van der Waals surface area contributed by atoms with Crippen LogP contribution in [-0.2, 0) is 11.3 Å². The van der Waals surface area contributed by atoms with Gasteiger partial charge in [-0.25, -0.2) is 17.6 Å². The first-order chi connectivity index (χ1) is 18.7. The smallest absolute Gasteiger partial charge is 0.309 e. The van der Waals surface area contributed by atoms with E-state index in [2.05, 4.69) is 16.8 Å². The first kappa shape index (κ1) is 28.3. The van der Waals surface area contributed by atoms with E-state index in [-0.39, 0.29) is 44.3 Å². The molecule has 0 saturated carbocycles. The summed E-state index contributed by atoms with van der Waals surface area (Å²) in [5, 5.41) is 10.7. The monoisotopic (exact) mass is 543 g/mol. The Kier molecular flexibility index (Phi) is 8.73. The van der Waals surface area contributed by atoms with E-state index >= 15 is 4.39 Å². The highest BCUT2D eigenvalue weighted by Gasteiger charge is 2.41. The van der Waals surface area contributed by atoms with Crippen molar-refractivity contribution in [3.8, 4) is 17.6 Å². The third-order valence-electron chi connectivity index (χ3n) is 7.39. The lowest BCUT2D eigenvalue weighted by molar-refractivity contribution is -0.152. The molecular weight excluding hydrogens is 514 g/mol. The van der Waals surface area contributed by atoms with Gasteiger partial charge in [-0.05, 0) is 55.5 Å². The zero-order chi connectivity index (χ0) is 28.2. The van der Waals surface area contributed by atoms with E-state index in [1.54, 1.807) is 24.4 Å². The van der Waals surface area contributed by atoms with Crippen LogP contribution in [0, 0.1) is 34.7 Å². The first-order valence-corrected chi connectivity index (χ1v) is 12.6. The lowest BCUT2D eigenvalue weighted by Gasteiger charge is -2.38. The molecule has 3 N–H and O–H groups in total. The van der Waals surface area contributed by atoms with Gasteiger partial charge in [-0.2, -0.15) is 0 Å². The molecule has 206 valence electrons. The fourth-order valence-corrected chi connectivity index (χ4v) is 5.04. The van der Waals surface area contributed by atoms with Gasteiger partial charge < -0.3 is 15.6 Å². The number of nitrogens with two attached hydrogens (primary N) is 1. The Bertz CT molecular complexity index is 1420. The third kappa shape index (κ3) is 6.15. The highest BCUT2D eigenvalue weighted by atomic mass is 19.2. The zero-order valence-electron chi connectivity index (χ0n) is 21.4. The van der Waals surface area contributed by atoms with Gasteiger partial charge in [0.05, 0.1) is 30.1 Å². The topological polar surface area (TPSA) is 88.7 Å². The quantitative estimate of drug-likeness (QED) is 0.233. The van der Waals surface area contributed by atoms with E-state index in [1.807, 2.05) is 4.90 Å². The highest BCUT2D eigenvalue weighted by molar-refractivity contribution is 5.85. The Hall–Kier alpha value is -3.68. The predicted molar refractivity (Wildman–Crippen MR) is 138 cm³/mol. The van der Waals surface area contributed by atoms with Crippen LogP contribution in [0.2, 0.25) is 0 Å². The van der Waals surface area contributed by atoms with Gasteiger partial charge in [0.1, 0.15) is 17.7 Å². The molecule has 0 bridgehead atoms. The largest absolute Gasteiger partial charge is 0.497 e. The maximum atomic E-state index is 15.8. The number of rotatable bonds is 8. The number of hydrogen-bond acceptors (Lipinski definition) is 5. The second-order valence-corrected chi connectivity index (χ2v) is 9.70. The molecule has 0 unspecified atom stereocenters. The Morgan fingerprint density at radius 1 is 1.23 bits per heavy atom. The summed E-state index contributed by atoms with van der Waals surface area (Å²) in [5.41, 5.74) is 5.92. The number of ether oxygens (including phenoxy) is 1. The normalized spacial score (nSPS) is 15.9. The zero-order valence-corrected chi connectivity index (χ0v) is 21.4. The van der Waals surface area contributed by atoms with E-state index in [1.165, 1.54) is 7.11 Å². The second kappa shape index (κ2) is 12.0. The molecule has 1 atom stereocenters. The molecular formula is C29H29F4N3O3. The molecule has 39 heavy (non-hydrogen) atoms. The molecule has 1 aliphatic heterocycles. The SMILES string of the molecule is COc1ccc2ncc(CN)c([C@H](F)CCC3(C(=O)O)CCN(CC#Cc4cc(F)cc(F)c4F)CC3)c2c1. The number of pyridine rings is 1. The Balaban J connectivity index is 1.44. The number of likely N-dealkylation sites (tertiary alicyclic amines) is 1. The summed E-state index contributed by atoms with van der Waals surface area (Å²) in [5.74, 6) is 1.25. The number of carbonyl (C=O) groups is 1. The van der Waals surface area contributed by atoms with Crippen molar-refractivity contribution in [1.29, 1.82) is 0 Å². The Morgan fingerprint density at radius 2 is 1.97 bits per heavy atom. The van der Waals surface area contributed by atoms with E-state index < -0.39 is 35.0 Å². The summed E-state index contributed by atoms with van der Waals surface area (Å²) < 4.78 is 61.6. The molecule has 1 saturated heterocycles. The lowest BCUT2D eigenvalue weighted by Crippen LogP contribution is -2.44. The van der Waals surface area contributed by atoms with Gasteiger partial charge in [-0.1, -0.05) is 11.8 Å². The molecule has 2 heterocycles. The van der Waals surface area contributed by atoms with Crippen LogP contribution in [0.3, 0.4) is 0 Å². The van der Waals surface area contributed by atoms with E-state index in [4.69, 9.17) is 10.5 Å². The van der Waals surface area contributed by atoms with Crippen LogP contribution in [-0.4, -0.2) is 47.7 Å². The van der Waals surface area contributed by atoms with E-state index in [9.17, 15) is 23.1 Å². The molecule has 1 aliphatic rings. The molecule has 10 heteroatoms. The molecule has 0 aliphatic carbocycles. The average molecular weight is 544 g/mol. The molecule has 2 aromatic carbocycles. The van der Waals surface area contributed by atoms with Gasteiger partial charge in [0.15, 0.2) is 11.6 Å². The van der Waals surface area contributed by atoms with Crippen LogP contribution >= 0.6 is 0 Å². The number of alkyl halides is 1. The van der Waals surface area contributed by atoms with Crippen LogP contribution in [0.5, 0.6) is 5.75 Å². The summed E-state index contributed by atoms with van der Waals surface area (Å²) in [6.45, 7) is 1.01. The number of carboxylic acid groups (broad SMARTS) is 1. The predicted octanol–water partition coefficient (Wildman–Crippen LogP) is 5.13. The van der Waals surface area contributed by atoms with Crippen LogP contribution in [0.15, 0.2) is 36.5 Å². The molecule has 1 aromatic heterocycles. The minimum absolute atomic E-state index is 0.0140. The number of halogens is 4. The minimum Gasteiger partial charge on any atom is -0.497 e. The van der Waals surface area contributed by atoms with E-state index in [0.29, 0.717) is 46.9 Å². The van der Waals surface area contributed by atoms with Crippen LogP contribution in [0.1, 0.15) is 48.5 Å². The van der Waals surface area contributed by atoms with E-state index in [0.717, 1.165) is 6.07 Å². The van der Waals surface area contributed by atoms with Gasteiger partial charge in [-0.3, -0.25) is 14.7 Å².